The molecule has 7 nitrogen and oxygen atoms in total. The first-order valence-corrected chi connectivity index (χ1v) is 15.5. The van der Waals surface area contributed by atoms with E-state index in [0.29, 0.717) is 34.8 Å². The average Bonchev–Trinajstić information content (AvgIpc) is 3.26. The Bertz CT molecular complexity index is 1700. The van der Waals surface area contributed by atoms with Crippen molar-refractivity contribution in [2.24, 2.45) is 4.99 Å². The molecule has 0 aromatic heterocycles. The third-order valence-electron chi connectivity index (χ3n) is 6.51. The molecule has 0 aliphatic carbocycles. The fourth-order valence-corrected chi connectivity index (χ4v) is 6.24. The van der Waals surface area contributed by atoms with E-state index in [0.717, 1.165) is 25.9 Å². The number of ether oxygens (including phenoxy) is 2. The molecule has 1 N–H and O–H groups in total. The van der Waals surface area contributed by atoms with Crippen LogP contribution in [0.1, 0.15) is 39.5 Å². The lowest BCUT2D eigenvalue weighted by molar-refractivity contribution is -0.122. The van der Waals surface area contributed by atoms with Gasteiger partial charge in [-0.15, -0.1) is 0 Å². The van der Waals surface area contributed by atoms with Gasteiger partial charge in [0.05, 0.1) is 32.9 Å². The summed E-state index contributed by atoms with van der Waals surface area (Å²) in [6, 6.07) is 28.0. The number of amidine groups is 1. The van der Waals surface area contributed by atoms with Gasteiger partial charge in [0.15, 0.2) is 16.7 Å². The summed E-state index contributed by atoms with van der Waals surface area (Å²) in [5.74, 6) is 0.0884. The van der Waals surface area contributed by atoms with Crippen LogP contribution < -0.4 is 9.47 Å². The van der Waals surface area contributed by atoms with E-state index in [9.17, 15) is 14.7 Å². The fourth-order valence-electron chi connectivity index (χ4n) is 4.46. The Morgan fingerprint density at radius 2 is 1.74 bits per heavy atom. The normalized spacial score (nSPS) is 14.9. The van der Waals surface area contributed by atoms with Crippen LogP contribution in [0, 0.1) is 10.5 Å². The summed E-state index contributed by atoms with van der Waals surface area (Å²) in [5.41, 5.74) is 4.76. The highest BCUT2D eigenvalue weighted by molar-refractivity contribution is 14.1. The van der Waals surface area contributed by atoms with Gasteiger partial charge in [-0.25, -0.2) is 9.79 Å². The Morgan fingerprint density at radius 3 is 2.44 bits per heavy atom. The zero-order valence-electron chi connectivity index (χ0n) is 23.6. The number of amides is 1. The van der Waals surface area contributed by atoms with Gasteiger partial charge in [-0.1, -0.05) is 60.2 Å². The second kappa shape index (κ2) is 13.9. The third-order valence-corrected chi connectivity index (χ3v) is 8.31. The van der Waals surface area contributed by atoms with Crippen molar-refractivity contribution in [3.8, 4) is 11.5 Å². The maximum absolute atomic E-state index is 13.7. The first kappa shape index (κ1) is 30.4. The number of carbonyl (C=O) groups is 2. The molecule has 1 heterocycles. The molecule has 218 valence electrons. The molecule has 1 saturated heterocycles. The summed E-state index contributed by atoms with van der Waals surface area (Å²) in [7, 11) is 0. The first-order chi connectivity index (χ1) is 20.8. The molecule has 0 saturated carbocycles. The Hall–Kier alpha value is -4.09. The van der Waals surface area contributed by atoms with E-state index in [4.69, 9.17) is 14.5 Å². The van der Waals surface area contributed by atoms with Crippen LogP contribution >= 0.6 is 34.4 Å². The number of carboxylic acids is 1. The smallest absolute Gasteiger partial charge is 0.335 e. The monoisotopic (exact) mass is 704 g/mol. The molecular weight excluding hydrogens is 675 g/mol. The van der Waals surface area contributed by atoms with E-state index >= 15 is 0 Å². The zero-order valence-corrected chi connectivity index (χ0v) is 26.6. The van der Waals surface area contributed by atoms with E-state index in [1.807, 2.05) is 67.6 Å². The number of aryl methyl sites for hydroxylation is 1. The number of hydrogen-bond acceptors (Lipinski definition) is 6. The highest BCUT2D eigenvalue weighted by atomic mass is 127. The van der Waals surface area contributed by atoms with E-state index < -0.39 is 5.97 Å². The minimum absolute atomic E-state index is 0.185. The van der Waals surface area contributed by atoms with Crippen molar-refractivity contribution in [2.45, 2.75) is 27.0 Å². The Morgan fingerprint density at radius 1 is 0.977 bits per heavy atom. The van der Waals surface area contributed by atoms with Gasteiger partial charge in [-0.2, -0.15) is 0 Å². The molecular formula is C34H29IN2O5S. The minimum Gasteiger partial charge on any atom is -0.490 e. The minimum atomic E-state index is -0.997. The Kier molecular flexibility index (Phi) is 9.83. The van der Waals surface area contributed by atoms with E-state index in [1.54, 1.807) is 17.0 Å². The van der Waals surface area contributed by atoms with Crippen molar-refractivity contribution in [3.63, 3.8) is 0 Å². The molecule has 0 radical (unpaired) electrons. The third kappa shape index (κ3) is 7.66. The molecule has 0 spiro atoms. The molecule has 1 fully saturated rings. The highest BCUT2D eigenvalue weighted by Crippen LogP contribution is 2.39. The predicted octanol–water partition coefficient (Wildman–Crippen LogP) is 8.08. The van der Waals surface area contributed by atoms with Gasteiger partial charge in [0.1, 0.15) is 6.61 Å². The average molecular weight is 705 g/mol. The maximum atomic E-state index is 13.7. The quantitative estimate of drug-likeness (QED) is 0.133. The fraction of sp³-hybridized carbons (Fsp3) is 0.147. The second-order valence-corrected chi connectivity index (χ2v) is 11.9. The van der Waals surface area contributed by atoms with Gasteiger partial charge in [0, 0.05) is 0 Å². The van der Waals surface area contributed by atoms with Crippen LogP contribution in [0.4, 0.5) is 5.69 Å². The SMILES string of the molecule is CCOc1cc(/C=C2\SC(=Nc3ccccc3)N(Cc3ccc(C(=O)O)cc3)C2=O)cc(I)c1OCc1cccc(C)c1. The Labute approximate surface area is 268 Å². The molecule has 1 amide bonds. The number of aliphatic imine (C=N–C) groups is 1. The van der Waals surface area contributed by atoms with Crippen molar-refractivity contribution < 1.29 is 24.2 Å². The molecule has 9 heteroatoms. The maximum Gasteiger partial charge on any atom is 0.335 e. The summed E-state index contributed by atoms with van der Waals surface area (Å²) in [6.07, 6.45) is 1.84. The number of hydrogen-bond donors (Lipinski definition) is 1. The lowest BCUT2D eigenvalue weighted by Crippen LogP contribution is -2.28. The molecule has 0 unspecified atom stereocenters. The number of rotatable bonds is 10. The molecule has 43 heavy (non-hydrogen) atoms. The highest BCUT2D eigenvalue weighted by Gasteiger charge is 2.33. The van der Waals surface area contributed by atoms with Gasteiger partial charge in [-0.05, 0) is 107 Å². The van der Waals surface area contributed by atoms with Gasteiger partial charge in [0.2, 0.25) is 0 Å². The lowest BCUT2D eigenvalue weighted by atomic mass is 10.1. The molecule has 4 aromatic carbocycles. The number of halogens is 1. The molecule has 5 rings (SSSR count). The topological polar surface area (TPSA) is 88.4 Å². The molecule has 4 aromatic rings. The van der Waals surface area contributed by atoms with Gasteiger partial charge < -0.3 is 14.6 Å². The van der Waals surface area contributed by atoms with Crippen LogP contribution in [0.15, 0.2) is 101 Å². The summed E-state index contributed by atoms with van der Waals surface area (Å²) in [5, 5.41) is 9.80. The van der Waals surface area contributed by atoms with Crippen molar-refractivity contribution in [1.82, 2.24) is 4.90 Å². The summed E-state index contributed by atoms with van der Waals surface area (Å²) in [6.45, 7) is 5.10. The largest absolute Gasteiger partial charge is 0.490 e. The van der Waals surface area contributed by atoms with Crippen LogP contribution in [-0.2, 0) is 17.9 Å². The standard InChI is InChI=1S/C34H29IN2O5S/c1-3-41-29-18-25(17-28(35)31(29)42-21-24-9-7-8-22(2)16-24)19-30-32(38)37(20-23-12-14-26(15-13-23)33(39)40)34(43-30)36-27-10-5-4-6-11-27/h4-19H,3,20-21H2,1-2H3,(H,39,40)/b30-19-,36-34?. The van der Waals surface area contributed by atoms with Crippen molar-refractivity contribution in [2.75, 3.05) is 6.61 Å². The number of carboxylic acid groups (broad SMARTS) is 1. The summed E-state index contributed by atoms with van der Waals surface area (Å²) < 4.78 is 13.0. The van der Waals surface area contributed by atoms with Crippen LogP contribution in [0.5, 0.6) is 11.5 Å². The zero-order chi connectivity index (χ0) is 30.3. The summed E-state index contributed by atoms with van der Waals surface area (Å²) >= 11 is 3.54. The number of nitrogens with zero attached hydrogens (tertiary/aromatic N) is 2. The van der Waals surface area contributed by atoms with E-state index in [-0.39, 0.29) is 18.0 Å². The first-order valence-electron chi connectivity index (χ1n) is 13.6. The van der Waals surface area contributed by atoms with Gasteiger partial charge in [-0.3, -0.25) is 9.69 Å². The van der Waals surface area contributed by atoms with Crippen LogP contribution in [0.25, 0.3) is 6.08 Å². The number of para-hydroxylation sites is 1. The second-order valence-electron chi connectivity index (χ2n) is 9.77. The number of benzene rings is 4. The van der Waals surface area contributed by atoms with E-state index in [2.05, 4.69) is 41.6 Å². The van der Waals surface area contributed by atoms with Crippen LogP contribution in [-0.4, -0.2) is 33.7 Å². The molecule has 0 atom stereocenters. The van der Waals surface area contributed by atoms with Crippen molar-refractivity contribution in [1.29, 1.82) is 0 Å². The van der Waals surface area contributed by atoms with Gasteiger partial charge in [0.25, 0.3) is 5.91 Å². The summed E-state index contributed by atoms with van der Waals surface area (Å²) in [4.78, 5) is 31.9. The molecule has 0 bridgehead atoms. The number of thioether (sulfide) groups is 1. The number of aromatic carboxylic acids is 1. The van der Waals surface area contributed by atoms with Gasteiger partial charge >= 0.3 is 5.97 Å². The van der Waals surface area contributed by atoms with E-state index in [1.165, 1.54) is 29.5 Å². The Balaban J connectivity index is 1.45. The predicted molar refractivity (Wildman–Crippen MR) is 179 cm³/mol. The van der Waals surface area contributed by atoms with Crippen molar-refractivity contribution >= 4 is 63.2 Å². The molecule has 1 aliphatic rings. The van der Waals surface area contributed by atoms with Crippen LogP contribution in [0.3, 0.4) is 0 Å². The lowest BCUT2D eigenvalue weighted by Gasteiger charge is -2.16. The van der Waals surface area contributed by atoms with Crippen LogP contribution in [0.2, 0.25) is 0 Å². The molecule has 1 aliphatic heterocycles. The van der Waals surface area contributed by atoms with Crippen molar-refractivity contribution in [3.05, 3.63) is 127 Å². The number of carbonyl (C=O) groups excluding carboxylic acids is 1.